The average molecular weight is 256 g/mol. The van der Waals surface area contributed by atoms with Gasteiger partial charge in [0.1, 0.15) is 6.10 Å². The number of hydrogen-bond donors (Lipinski definition) is 0. The Hall–Kier alpha value is -1.06. The second kappa shape index (κ2) is 5.29. The van der Waals surface area contributed by atoms with Gasteiger partial charge in [0.15, 0.2) is 5.60 Å². The third kappa shape index (κ3) is 2.85. The van der Waals surface area contributed by atoms with Gasteiger partial charge in [0.05, 0.1) is 11.8 Å². The van der Waals surface area contributed by atoms with Gasteiger partial charge < -0.3 is 9.47 Å². The van der Waals surface area contributed by atoms with Gasteiger partial charge in [-0.2, -0.15) is 0 Å². The van der Waals surface area contributed by atoms with Gasteiger partial charge >= 0.3 is 11.9 Å². The van der Waals surface area contributed by atoms with Gasteiger partial charge in [-0.1, -0.05) is 20.3 Å². The molecule has 1 aliphatic heterocycles. The maximum absolute atomic E-state index is 12.2. The smallest absolute Gasteiger partial charge is 0.312 e. The Morgan fingerprint density at radius 1 is 1.50 bits per heavy atom. The largest absolute Gasteiger partial charge is 0.458 e. The van der Waals surface area contributed by atoms with E-state index in [1.165, 1.54) is 0 Å². The Bertz CT molecular complexity index is 335. The first kappa shape index (κ1) is 15.0. The van der Waals surface area contributed by atoms with Crippen LogP contribution in [0.3, 0.4) is 0 Å². The van der Waals surface area contributed by atoms with Crippen molar-refractivity contribution >= 4 is 11.9 Å². The molecule has 0 saturated carbocycles. The molecule has 2 atom stereocenters. The zero-order valence-corrected chi connectivity index (χ0v) is 12.0. The molecule has 0 N–H and O–H groups in total. The fourth-order valence-electron chi connectivity index (χ4n) is 2.09. The summed E-state index contributed by atoms with van der Waals surface area (Å²) in [5.74, 6) is -0.526. The van der Waals surface area contributed by atoms with Crippen molar-refractivity contribution in [3.05, 3.63) is 0 Å². The molecule has 1 aliphatic rings. The quantitative estimate of drug-likeness (QED) is 0.710. The summed E-state index contributed by atoms with van der Waals surface area (Å²) in [6.07, 6.45) is 2.03. The lowest BCUT2D eigenvalue weighted by molar-refractivity contribution is -0.177. The Morgan fingerprint density at radius 3 is 2.50 bits per heavy atom. The van der Waals surface area contributed by atoms with Crippen molar-refractivity contribution in [3.8, 4) is 0 Å². The van der Waals surface area contributed by atoms with Crippen molar-refractivity contribution in [2.24, 2.45) is 5.41 Å². The topological polar surface area (TPSA) is 52.6 Å². The summed E-state index contributed by atoms with van der Waals surface area (Å²) >= 11 is 0. The molecule has 0 aromatic carbocycles. The van der Waals surface area contributed by atoms with Gasteiger partial charge in [-0.3, -0.25) is 9.59 Å². The molecule has 0 amide bonds. The first-order valence-electron chi connectivity index (χ1n) is 6.70. The van der Waals surface area contributed by atoms with Crippen LogP contribution >= 0.6 is 0 Å². The molecular weight excluding hydrogens is 232 g/mol. The molecule has 0 aromatic heterocycles. The van der Waals surface area contributed by atoms with E-state index in [1.807, 2.05) is 27.7 Å². The van der Waals surface area contributed by atoms with Crippen molar-refractivity contribution < 1.29 is 19.1 Å². The second-order valence-corrected chi connectivity index (χ2v) is 5.75. The molecule has 0 radical (unpaired) electrons. The predicted octanol–water partition coefficient (Wildman–Crippen LogP) is 2.84. The highest BCUT2D eigenvalue weighted by Crippen LogP contribution is 2.37. The van der Waals surface area contributed by atoms with Crippen molar-refractivity contribution in [2.45, 2.75) is 72.0 Å². The van der Waals surface area contributed by atoms with E-state index >= 15 is 0 Å². The third-order valence-corrected chi connectivity index (χ3v) is 3.90. The summed E-state index contributed by atoms with van der Waals surface area (Å²) in [5, 5.41) is 0. The Morgan fingerprint density at radius 2 is 2.11 bits per heavy atom. The van der Waals surface area contributed by atoms with Crippen LogP contribution in [-0.4, -0.2) is 23.6 Å². The molecule has 1 fully saturated rings. The van der Waals surface area contributed by atoms with Crippen molar-refractivity contribution in [2.75, 3.05) is 0 Å². The van der Waals surface area contributed by atoms with Crippen LogP contribution < -0.4 is 0 Å². The van der Waals surface area contributed by atoms with Crippen LogP contribution in [0.15, 0.2) is 0 Å². The van der Waals surface area contributed by atoms with Crippen LogP contribution in [0.5, 0.6) is 0 Å². The fraction of sp³-hybridized carbons (Fsp3) is 0.857. The van der Waals surface area contributed by atoms with Crippen molar-refractivity contribution in [1.29, 1.82) is 0 Å². The first-order chi connectivity index (χ1) is 8.27. The zero-order chi connectivity index (χ0) is 14.0. The molecule has 4 heteroatoms. The van der Waals surface area contributed by atoms with E-state index in [1.54, 1.807) is 6.92 Å². The van der Waals surface area contributed by atoms with Crippen molar-refractivity contribution in [3.63, 3.8) is 0 Å². The molecule has 2 unspecified atom stereocenters. The lowest BCUT2D eigenvalue weighted by Crippen LogP contribution is -2.44. The second-order valence-electron chi connectivity index (χ2n) is 5.75. The van der Waals surface area contributed by atoms with Gasteiger partial charge in [0, 0.05) is 0 Å². The van der Waals surface area contributed by atoms with E-state index < -0.39 is 11.0 Å². The van der Waals surface area contributed by atoms with E-state index in [4.69, 9.17) is 9.47 Å². The standard InChI is InChI=1S/C14H24O4/c1-6-8-14(9-11(15)17-10(14)3)18-12(16)13(4,5)7-2/h10H,6-9H2,1-5H3. The molecule has 0 spiro atoms. The third-order valence-electron chi connectivity index (χ3n) is 3.90. The minimum atomic E-state index is -0.768. The van der Waals surface area contributed by atoms with E-state index in [2.05, 4.69) is 0 Å². The van der Waals surface area contributed by atoms with E-state index in [0.717, 1.165) is 6.42 Å². The van der Waals surface area contributed by atoms with Crippen LogP contribution in [0, 0.1) is 5.41 Å². The number of cyclic esters (lactones) is 1. The van der Waals surface area contributed by atoms with Crippen LogP contribution in [-0.2, 0) is 19.1 Å². The minimum Gasteiger partial charge on any atom is -0.458 e. The number of hydrogen-bond acceptors (Lipinski definition) is 4. The number of rotatable bonds is 5. The van der Waals surface area contributed by atoms with Gasteiger partial charge in [0.25, 0.3) is 0 Å². The Labute approximate surface area is 109 Å². The normalized spacial score (nSPS) is 28.1. The number of carbonyl (C=O) groups is 2. The summed E-state index contributed by atoms with van der Waals surface area (Å²) in [5.41, 5.74) is -1.29. The summed E-state index contributed by atoms with van der Waals surface area (Å²) in [6.45, 7) is 9.48. The molecule has 1 rings (SSSR count). The molecule has 0 aromatic rings. The van der Waals surface area contributed by atoms with Crippen molar-refractivity contribution in [1.82, 2.24) is 0 Å². The molecule has 1 saturated heterocycles. The minimum absolute atomic E-state index is 0.174. The first-order valence-corrected chi connectivity index (χ1v) is 6.70. The van der Waals surface area contributed by atoms with E-state index in [-0.39, 0.29) is 24.5 Å². The monoisotopic (exact) mass is 256 g/mol. The lowest BCUT2D eigenvalue weighted by atomic mass is 9.87. The SMILES string of the molecule is CCCC1(OC(=O)C(C)(C)CC)CC(=O)OC1C. The predicted molar refractivity (Wildman–Crippen MR) is 68.0 cm³/mol. The van der Waals surface area contributed by atoms with E-state index in [0.29, 0.717) is 12.8 Å². The molecule has 104 valence electrons. The maximum Gasteiger partial charge on any atom is 0.312 e. The zero-order valence-electron chi connectivity index (χ0n) is 12.0. The highest BCUT2D eigenvalue weighted by molar-refractivity contribution is 5.79. The van der Waals surface area contributed by atoms with Gasteiger partial charge in [-0.05, 0) is 33.6 Å². The maximum atomic E-state index is 12.2. The molecule has 0 aliphatic carbocycles. The van der Waals surface area contributed by atoms with Crippen LogP contribution in [0.25, 0.3) is 0 Å². The average Bonchev–Trinajstić information content (AvgIpc) is 2.54. The number of carbonyl (C=O) groups excluding carboxylic acids is 2. The highest BCUT2D eigenvalue weighted by atomic mass is 16.6. The molecule has 0 bridgehead atoms. The van der Waals surface area contributed by atoms with E-state index in [9.17, 15) is 9.59 Å². The van der Waals surface area contributed by atoms with Crippen LogP contribution in [0.4, 0.5) is 0 Å². The number of ether oxygens (including phenoxy) is 2. The van der Waals surface area contributed by atoms with Gasteiger partial charge in [-0.15, -0.1) is 0 Å². The Balaban J connectivity index is 2.88. The highest BCUT2D eigenvalue weighted by Gasteiger charge is 2.50. The Kier molecular flexibility index (Phi) is 4.41. The van der Waals surface area contributed by atoms with Crippen LogP contribution in [0.1, 0.15) is 60.3 Å². The van der Waals surface area contributed by atoms with Gasteiger partial charge in [0.2, 0.25) is 0 Å². The summed E-state index contributed by atoms with van der Waals surface area (Å²) in [6, 6.07) is 0. The lowest BCUT2D eigenvalue weighted by Gasteiger charge is -2.34. The molecule has 18 heavy (non-hydrogen) atoms. The van der Waals surface area contributed by atoms with Gasteiger partial charge in [-0.25, -0.2) is 0 Å². The summed E-state index contributed by atoms with van der Waals surface area (Å²) < 4.78 is 10.9. The summed E-state index contributed by atoms with van der Waals surface area (Å²) in [4.78, 5) is 23.6. The molecule has 1 heterocycles. The van der Waals surface area contributed by atoms with Crippen LogP contribution in [0.2, 0.25) is 0 Å². The number of esters is 2. The fourth-order valence-corrected chi connectivity index (χ4v) is 2.09. The molecule has 4 nitrogen and oxygen atoms in total. The molecular formula is C14H24O4. The summed E-state index contributed by atoms with van der Waals surface area (Å²) in [7, 11) is 0.